The predicted octanol–water partition coefficient (Wildman–Crippen LogP) is 3.14. The van der Waals surface area contributed by atoms with Crippen LogP contribution in [0.25, 0.3) is 0 Å². The number of aliphatic hydroxyl groups is 2. The van der Waals surface area contributed by atoms with Gasteiger partial charge in [-0.1, -0.05) is 11.6 Å². The summed E-state index contributed by atoms with van der Waals surface area (Å²) in [4.78, 5) is 24.4. The van der Waals surface area contributed by atoms with Crippen molar-refractivity contribution in [3.8, 4) is 0 Å². The summed E-state index contributed by atoms with van der Waals surface area (Å²) in [6, 6.07) is 5.46. The number of ether oxygens (including phenoxy) is 1. The summed E-state index contributed by atoms with van der Waals surface area (Å²) in [5.74, 6) is -6.17. The van der Waals surface area contributed by atoms with E-state index < -0.39 is 47.1 Å². The molecule has 3 rings (SSSR count). The highest BCUT2D eigenvalue weighted by Crippen LogP contribution is 2.33. The molecule has 3 N–H and O–H groups in total. The fourth-order valence-corrected chi connectivity index (χ4v) is 3.98. The fourth-order valence-electron chi connectivity index (χ4n) is 2.69. The molecular weight excluding hydrogens is 447 g/mol. The van der Waals surface area contributed by atoms with Crippen molar-refractivity contribution >= 4 is 40.9 Å². The molecule has 1 fully saturated rings. The minimum absolute atomic E-state index is 0.0439. The number of esters is 1. The molecule has 0 aliphatic carbocycles. The molecule has 30 heavy (non-hydrogen) atoms. The Balaban J connectivity index is 1.72. The van der Waals surface area contributed by atoms with Crippen molar-refractivity contribution in [3.05, 3.63) is 58.4 Å². The first-order valence-electron chi connectivity index (χ1n) is 8.50. The van der Waals surface area contributed by atoms with Crippen molar-refractivity contribution in [2.75, 3.05) is 11.1 Å². The molecule has 1 aliphatic heterocycles. The number of hydrogen-bond acceptors (Lipinski definition) is 6. The van der Waals surface area contributed by atoms with Gasteiger partial charge in [-0.25, -0.2) is 18.0 Å². The van der Waals surface area contributed by atoms with Gasteiger partial charge in [0, 0.05) is 34.0 Å². The summed E-state index contributed by atoms with van der Waals surface area (Å²) >= 11 is 7.18. The molecule has 11 heteroatoms. The van der Waals surface area contributed by atoms with Gasteiger partial charge < -0.3 is 20.3 Å². The zero-order valence-electron chi connectivity index (χ0n) is 15.3. The van der Waals surface area contributed by atoms with E-state index in [1.165, 1.54) is 18.2 Å². The highest BCUT2D eigenvalue weighted by atomic mass is 35.5. The number of nitrogens with one attached hydrogen (secondary N) is 1. The van der Waals surface area contributed by atoms with Crippen LogP contribution in [0.4, 0.5) is 18.9 Å². The number of amides is 1. The Morgan fingerprint density at radius 1 is 1.27 bits per heavy atom. The molecule has 0 bridgehead atoms. The Morgan fingerprint density at radius 2 is 1.90 bits per heavy atom. The van der Waals surface area contributed by atoms with Crippen LogP contribution in [0.5, 0.6) is 0 Å². The quantitative estimate of drug-likeness (QED) is 0.360. The van der Waals surface area contributed by atoms with Gasteiger partial charge in [0.15, 0.2) is 23.1 Å². The van der Waals surface area contributed by atoms with E-state index in [1.54, 1.807) is 0 Å². The number of aliphatic hydroxyl groups excluding tert-OH is 1. The Morgan fingerprint density at radius 3 is 2.47 bits per heavy atom. The number of hydrogen-bond donors (Lipinski definition) is 3. The average molecular weight is 462 g/mol. The Kier molecular flexibility index (Phi) is 6.32. The van der Waals surface area contributed by atoms with Crippen LogP contribution in [-0.4, -0.2) is 45.7 Å². The molecule has 1 aliphatic rings. The summed E-state index contributed by atoms with van der Waals surface area (Å²) in [7, 11) is 0. The minimum Gasteiger partial charge on any atom is -0.456 e. The first-order chi connectivity index (χ1) is 14.0. The second-order valence-corrected chi connectivity index (χ2v) is 8.17. The third kappa shape index (κ3) is 4.41. The van der Waals surface area contributed by atoms with Gasteiger partial charge in [0.1, 0.15) is 12.2 Å². The maximum absolute atomic E-state index is 13.3. The third-order valence-electron chi connectivity index (χ3n) is 4.44. The van der Waals surface area contributed by atoms with E-state index in [0.717, 1.165) is 18.7 Å². The molecule has 1 amide bonds. The highest BCUT2D eigenvalue weighted by Gasteiger charge is 2.52. The largest absolute Gasteiger partial charge is 0.456 e. The lowest BCUT2D eigenvalue weighted by Gasteiger charge is -2.18. The van der Waals surface area contributed by atoms with Gasteiger partial charge in [0.2, 0.25) is 0 Å². The van der Waals surface area contributed by atoms with Crippen molar-refractivity contribution in [3.63, 3.8) is 0 Å². The van der Waals surface area contributed by atoms with E-state index in [9.17, 15) is 33.0 Å². The topological polar surface area (TPSA) is 95.9 Å². The van der Waals surface area contributed by atoms with Crippen molar-refractivity contribution in [2.24, 2.45) is 0 Å². The van der Waals surface area contributed by atoms with Crippen LogP contribution in [0, 0.1) is 17.5 Å². The molecule has 2 unspecified atom stereocenters. The Labute approximate surface area is 178 Å². The van der Waals surface area contributed by atoms with Crippen molar-refractivity contribution in [1.29, 1.82) is 0 Å². The van der Waals surface area contributed by atoms with Crippen molar-refractivity contribution in [1.82, 2.24) is 0 Å². The van der Waals surface area contributed by atoms with Crippen molar-refractivity contribution in [2.45, 2.75) is 29.6 Å². The van der Waals surface area contributed by atoms with Gasteiger partial charge in [-0.15, -0.1) is 11.8 Å². The first-order valence-corrected chi connectivity index (χ1v) is 9.87. The van der Waals surface area contributed by atoms with E-state index in [1.807, 2.05) is 0 Å². The molecule has 2 aromatic carbocycles. The summed E-state index contributed by atoms with van der Waals surface area (Å²) in [6.07, 6.45) is -2.43. The molecular formula is C19H15ClF3NO5S. The zero-order chi connectivity index (χ0) is 22.2. The van der Waals surface area contributed by atoms with Crippen LogP contribution < -0.4 is 5.32 Å². The maximum Gasteiger partial charge on any atom is 0.341 e. The molecule has 0 saturated carbocycles. The van der Waals surface area contributed by atoms with E-state index in [4.69, 9.17) is 16.3 Å². The average Bonchev–Trinajstić information content (AvgIpc) is 2.87. The number of carbonyl (C=O) groups excluding carboxylic acids is 2. The smallest absolute Gasteiger partial charge is 0.341 e. The SMILES string of the molecule is CC1(O)C(=O)OC(CSc2cc(C(=O)Nc3cc(F)c(F)c(F)c3)ccc2Cl)[C@H]1O. The van der Waals surface area contributed by atoms with E-state index in [0.29, 0.717) is 17.0 Å². The Hall–Kier alpha value is -2.27. The first kappa shape index (κ1) is 22.4. The van der Waals surface area contributed by atoms with Gasteiger partial charge in [0.05, 0.1) is 5.02 Å². The standard InChI is InChI=1S/C19H15ClF3NO5S/c1-19(28)16(25)13(29-18(19)27)7-30-14-4-8(2-3-10(14)20)17(26)24-9-5-11(21)15(23)12(22)6-9/h2-6,13,16,25,28H,7H2,1H3,(H,24,26)/t13?,16-,19?/m1/s1. The fraction of sp³-hybridized carbons (Fsp3) is 0.263. The number of rotatable bonds is 5. The van der Waals surface area contributed by atoms with Gasteiger partial charge >= 0.3 is 5.97 Å². The number of anilines is 1. The molecule has 0 spiro atoms. The number of cyclic esters (lactones) is 1. The summed E-state index contributed by atoms with van der Waals surface area (Å²) < 4.78 is 44.6. The van der Waals surface area contributed by atoms with Crippen molar-refractivity contribution < 1.29 is 37.7 Å². The summed E-state index contributed by atoms with van der Waals surface area (Å²) in [5.41, 5.74) is -2.21. The number of halogens is 4. The van der Waals surface area contributed by atoms with Crippen LogP contribution in [-0.2, 0) is 9.53 Å². The highest BCUT2D eigenvalue weighted by molar-refractivity contribution is 7.99. The second-order valence-electron chi connectivity index (χ2n) is 6.70. The number of carbonyl (C=O) groups is 2. The van der Waals surface area contributed by atoms with Gasteiger partial charge in [0.25, 0.3) is 5.91 Å². The number of thioether (sulfide) groups is 1. The molecule has 0 aromatic heterocycles. The lowest BCUT2D eigenvalue weighted by atomic mass is 9.99. The van der Waals surface area contributed by atoms with Crippen LogP contribution >= 0.6 is 23.4 Å². The van der Waals surface area contributed by atoms with E-state index in [2.05, 4.69) is 5.32 Å². The predicted molar refractivity (Wildman–Crippen MR) is 103 cm³/mol. The monoisotopic (exact) mass is 461 g/mol. The normalized spacial score (nSPS) is 23.4. The Bertz CT molecular complexity index is 997. The second kappa shape index (κ2) is 8.46. The van der Waals surface area contributed by atoms with Gasteiger partial charge in [-0.2, -0.15) is 0 Å². The molecule has 3 atom stereocenters. The minimum atomic E-state index is -2.02. The number of benzene rings is 2. The zero-order valence-corrected chi connectivity index (χ0v) is 16.9. The van der Waals surface area contributed by atoms with Crippen LogP contribution in [0.3, 0.4) is 0 Å². The van der Waals surface area contributed by atoms with Crippen LogP contribution in [0.1, 0.15) is 17.3 Å². The molecule has 1 heterocycles. The summed E-state index contributed by atoms with van der Waals surface area (Å²) in [5, 5.41) is 22.4. The molecule has 2 aromatic rings. The maximum atomic E-state index is 13.3. The van der Waals surface area contributed by atoms with E-state index >= 15 is 0 Å². The van der Waals surface area contributed by atoms with Gasteiger partial charge in [-0.3, -0.25) is 4.79 Å². The molecule has 160 valence electrons. The molecule has 1 saturated heterocycles. The lowest BCUT2D eigenvalue weighted by Crippen LogP contribution is -2.43. The van der Waals surface area contributed by atoms with Crippen LogP contribution in [0.2, 0.25) is 5.02 Å². The lowest BCUT2D eigenvalue weighted by molar-refractivity contribution is -0.154. The molecule has 0 radical (unpaired) electrons. The van der Waals surface area contributed by atoms with Crippen LogP contribution in [0.15, 0.2) is 35.2 Å². The summed E-state index contributed by atoms with van der Waals surface area (Å²) in [6.45, 7) is 1.14. The van der Waals surface area contributed by atoms with Gasteiger partial charge in [-0.05, 0) is 25.1 Å². The molecule has 6 nitrogen and oxygen atoms in total. The third-order valence-corrected chi connectivity index (χ3v) is 6.02. The van der Waals surface area contributed by atoms with E-state index in [-0.39, 0.29) is 22.0 Å².